The van der Waals surface area contributed by atoms with Crippen LogP contribution in [0.25, 0.3) is 0 Å². The van der Waals surface area contributed by atoms with Crippen LogP contribution in [0.5, 0.6) is 0 Å². The molecule has 0 aliphatic heterocycles. The molecule has 0 atom stereocenters. The summed E-state index contributed by atoms with van der Waals surface area (Å²) in [6.45, 7) is 0.477. The highest BCUT2D eigenvalue weighted by Gasteiger charge is 2.27. The van der Waals surface area contributed by atoms with Crippen LogP contribution < -0.4 is 5.32 Å². The van der Waals surface area contributed by atoms with Gasteiger partial charge in [0.25, 0.3) is 0 Å². The summed E-state index contributed by atoms with van der Waals surface area (Å²) >= 11 is 0.781. The van der Waals surface area contributed by atoms with Gasteiger partial charge in [-0.05, 0) is 24.3 Å². The van der Waals surface area contributed by atoms with E-state index in [2.05, 4.69) is 10.3 Å². The van der Waals surface area contributed by atoms with Gasteiger partial charge in [-0.3, -0.25) is 4.98 Å². The Bertz CT molecular complexity index is 544. The van der Waals surface area contributed by atoms with E-state index in [1.165, 1.54) is 0 Å². The van der Waals surface area contributed by atoms with Crippen LogP contribution in [0.1, 0.15) is 5.69 Å². The van der Waals surface area contributed by atoms with E-state index in [0.29, 0.717) is 17.1 Å². The molecule has 6 heteroatoms. The number of halogens is 3. The topological polar surface area (TPSA) is 24.9 Å². The van der Waals surface area contributed by atoms with Crippen molar-refractivity contribution in [2.24, 2.45) is 0 Å². The molecule has 0 radical (unpaired) electrons. The average molecular weight is 298 g/mol. The lowest BCUT2D eigenvalue weighted by molar-refractivity contribution is -0.105. The first-order chi connectivity index (χ1) is 9.54. The Morgan fingerprint density at radius 2 is 1.80 bits per heavy atom. The first-order valence-corrected chi connectivity index (χ1v) is 6.95. The maximum atomic E-state index is 12.3. The summed E-state index contributed by atoms with van der Waals surface area (Å²) in [7, 11) is 0. The lowest BCUT2D eigenvalue weighted by atomic mass is 10.3. The molecule has 2 rings (SSSR count). The van der Waals surface area contributed by atoms with Crippen molar-refractivity contribution in [1.82, 2.24) is 4.98 Å². The third-order valence-corrected chi connectivity index (χ3v) is 3.60. The minimum atomic E-state index is -4.17. The normalized spacial score (nSPS) is 11.3. The van der Waals surface area contributed by atoms with E-state index in [1.807, 2.05) is 18.2 Å². The van der Waals surface area contributed by atoms with Crippen LogP contribution in [0.15, 0.2) is 53.6 Å². The molecule has 0 aliphatic carbocycles. The largest absolute Gasteiger partial charge is 0.398 e. The second kappa shape index (κ2) is 6.65. The van der Waals surface area contributed by atoms with Crippen LogP contribution in [-0.2, 0) is 6.54 Å². The van der Waals surface area contributed by atoms with Crippen molar-refractivity contribution in [3.05, 3.63) is 54.4 Å². The molecule has 20 heavy (non-hydrogen) atoms. The zero-order valence-electron chi connectivity index (χ0n) is 10.5. The van der Waals surface area contributed by atoms with Crippen LogP contribution in [0, 0.1) is 0 Å². The third-order valence-electron chi connectivity index (χ3n) is 2.46. The highest BCUT2D eigenvalue weighted by Crippen LogP contribution is 2.32. The van der Waals surface area contributed by atoms with Gasteiger partial charge < -0.3 is 5.32 Å². The minimum absolute atomic E-state index is 0.477. The summed E-state index contributed by atoms with van der Waals surface area (Å²) in [6, 6.07) is 12.5. The average Bonchev–Trinajstić information content (AvgIpc) is 2.44. The van der Waals surface area contributed by atoms with Crippen LogP contribution in [-0.4, -0.2) is 16.9 Å². The van der Waals surface area contributed by atoms with Gasteiger partial charge in [0.05, 0.1) is 18.0 Å². The number of alkyl halides is 3. The molecule has 1 aromatic carbocycles. The summed E-state index contributed by atoms with van der Waals surface area (Å²) in [5.74, 6) is -0.894. The number of hydrogen-bond donors (Lipinski definition) is 1. The number of aromatic nitrogens is 1. The third kappa shape index (κ3) is 4.77. The predicted molar refractivity (Wildman–Crippen MR) is 74.8 cm³/mol. The Morgan fingerprint density at radius 3 is 2.50 bits per heavy atom. The van der Waals surface area contributed by atoms with Crippen molar-refractivity contribution in [3.8, 4) is 0 Å². The first kappa shape index (κ1) is 14.7. The molecule has 0 saturated carbocycles. The first-order valence-electron chi connectivity index (χ1n) is 5.97. The zero-order chi connectivity index (χ0) is 14.4. The fraction of sp³-hybridized carbons (Fsp3) is 0.214. The lowest BCUT2D eigenvalue weighted by Crippen LogP contribution is -2.11. The minimum Gasteiger partial charge on any atom is -0.378 e. The molecule has 1 N–H and O–H groups in total. The van der Waals surface area contributed by atoms with E-state index in [-0.39, 0.29) is 0 Å². The van der Waals surface area contributed by atoms with Crippen molar-refractivity contribution in [3.63, 3.8) is 0 Å². The molecular formula is C14H13F3N2S. The Kier molecular flexibility index (Phi) is 4.89. The van der Waals surface area contributed by atoms with E-state index >= 15 is 0 Å². The van der Waals surface area contributed by atoms with Crippen molar-refractivity contribution >= 4 is 17.4 Å². The summed E-state index contributed by atoms with van der Waals surface area (Å²) in [5.41, 5.74) is 1.52. The number of nitrogens with one attached hydrogen (secondary N) is 1. The number of para-hydroxylation sites is 1. The number of hydrogen-bond acceptors (Lipinski definition) is 3. The van der Waals surface area contributed by atoms with Gasteiger partial charge in [0.2, 0.25) is 0 Å². The number of rotatable bonds is 5. The molecular weight excluding hydrogens is 285 g/mol. The maximum absolute atomic E-state index is 12.3. The van der Waals surface area contributed by atoms with Gasteiger partial charge in [0.1, 0.15) is 0 Å². The van der Waals surface area contributed by atoms with Crippen molar-refractivity contribution in [2.75, 3.05) is 11.1 Å². The van der Waals surface area contributed by atoms with E-state index in [9.17, 15) is 13.2 Å². The summed E-state index contributed by atoms with van der Waals surface area (Å²) in [5, 5.41) is 3.12. The molecule has 0 saturated heterocycles. The number of thioether (sulfide) groups is 1. The fourth-order valence-electron chi connectivity index (χ4n) is 1.59. The second-order valence-electron chi connectivity index (χ2n) is 4.07. The number of anilines is 1. The maximum Gasteiger partial charge on any atom is 0.398 e. The highest BCUT2D eigenvalue weighted by molar-refractivity contribution is 7.99. The fourth-order valence-corrected chi connectivity index (χ4v) is 2.38. The van der Waals surface area contributed by atoms with E-state index in [1.54, 1.807) is 30.5 Å². The van der Waals surface area contributed by atoms with Gasteiger partial charge in [0, 0.05) is 16.8 Å². The Balaban J connectivity index is 2.01. The van der Waals surface area contributed by atoms with Crippen molar-refractivity contribution < 1.29 is 13.2 Å². The quantitative estimate of drug-likeness (QED) is 0.831. The summed E-state index contributed by atoms with van der Waals surface area (Å²) < 4.78 is 36.8. The Labute approximate surface area is 119 Å². The number of nitrogens with zero attached hydrogens (tertiary/aromatic N) is 1. The Morgan fingerprint density at radius 1 is 1.05 bits per heavy atom. The summed E-state index contributed by atoms with van der Waals surface area (Å²) in [6.07, 6.45) is -2.49. The van der Waals surface area contributed by atoms with Gasteiger partial charge in [-0.15, -0.1) is 11.8 Å². The monoisotopic (exact) mass is 298 g/mol. The standard InChI is InChI=1S/C14H13F3N2S/c15-14(16,17)10-20-13-7-2-1-6-12(13)19-9-11-5-3-4-8-18-11/h1-8,19H,9-10H2. The van der Waals surface area contributed by atoms with Crippen LogP contribution in [0.3, 0.4) is 0 Å². The molecule has 2 aromatic rings. The zero-order valence-corrected chi connectivity index (χ0v) is 11.3. The van der Waals surface area contributed by atoms with Crippen LogP contribution in [0.2, 0.25) is 0 Å². The van der Waals surface area contributed by atoms with E-state index in [4.69, 9.17) is 0 Å². The molecule has 0 spiro atoms. The van der Waals surface area contributed by atoms with Gasteiger partial charge in [-0.1, -0.05) is 18.2 Å². The lowest BCUT2D eigenvalue weighted by Gasteiger charge is -2.12. The summed E-state index contributed by atoms with van der Waals surface area (Å²) in [4.78, 5) is 4.74. The van der Waals surface area contributed by atoms with Crippen molar-refractivity contribution in [2.45, 2.75) is 17.6 Å². The van der Waals surface area contributed by atoms with Gasteiger partial charge in [-0.2, -0.15) is 13.2 Å². The smallest absolute Gasteiger partial charge is 0.378 e. The molecule has 106 valence electrons. The van der Waals surface area contributed by atoms with E-state index in [0.717, 1.165) is 17.5 Å². The van der Waals surface area contributed by atoms with Gasteiger partial charge in [-0.25, -0.2) is 0 Å². The SMILES string of the molecule is FC(F)(F)CSc1ccccc1NCc1ccccn1. The van der Waals surface area contributed by atoms with E-state index < -0.39 is 11.9 Å². The highest BCUT2D eigenvalue weighted by atomic mass is 32.2. The molecule has 0 fully saturated rings. The molecule has 2 nitrogen and oxygen atoms in total. The molecule has 1 aromatic heterocycles. The number of pyridine rings is 1. The predicted octanol–water partition coefficient (Wildman–Crippen LogP) is 4.35. The molecule has 0 aliphatic rings. The molecule has 0 bridgehead atoms. The van der Waals surface area contributed by atoms with Crippen molar-refractivity contribution in [1.29, 1.82) is 0 Å². The molecule has 1 heterocycles. The second-order valence-corrected chi connectivity index (χ2v) is 5.09. The molecule has 0 amide bonds. The van der Waals surface area contributed by atoms with Crippen LogP contribution in [0.4, 0.5) is 18.9 Å². The number of benzene rings is 1. The van der Waals surface area contributed by atoms with Crippen LogP contribution >= 0.6 is 11.8 Å². The van der Waals surface area contributed by atoms with Gasteiger partial charge >= 0.3 is 6.18 Å². The van der Waals surface area contributed by atoms with Gasteiger partial charge in [0.15, 0.2) is 0 Å². The Hall–Kier alpha value is -1.69. The molecule has 0 unspecified atom stereocenters.